The molecule has 0 aromatic rings. The first-order valence-electron chi connectivity index (χ1n) is 6.22. The molecule has 4 atom stereocenters. The number of fused-ring (bicyclic) bond motifs is 2. The van der Waals surface area contributed by atoms with Crippen LogP contribution in [0.4, 0.5) is 0 Å². The first-order valence-corrected chi connectivity index (χ1v) is 6.22. The molecule has 0 spiro atoms. The molecule has 0 radical (unpaired) electrons. The molecule has 1 saturated carbocycles. The highest BCUT2D eigenvalue weighted by atomic mass is 16.4. The molecule has 18 heavy (non-hydrogen) atoms. The summed E-state index contributed by atoms with van der Waals surface area (Å²) in [5.41, 5.74) is 0.899. The fourth-order valence-corrected chi connectivity index (χ4v) is 3.23. The minimum absolute atomic E-state index is 0.0275. The van der Waals surface area contributed by atoms with E-state index < -0.39 is 17.8 Å². The molecule has 0 aromatic heterocycles. The van der Waals surface area contributed by atoms with Crippen LogP contribution in [0.25, 0.3) is 0 Å². The van der Waals surface area contributed by atoms with E-state index in [9.17, 15) is 14.7 Å². The SMILES string of the molecule is C=C(C)CN(C)C(=O)C1C2C=CC(C2)C1C(=O)O. The number of allylic oxidation sites excluding steroid dienone is 2. The summed E-state index contributed by atoms with van der Waals surface area (Å²) >= 11 is 0. The van der Waals surface area contributed by atoms with Crippen molar-refractivity contribution < 1.29 is 14.7 Å². The van der Waals surface area contributed by atoms with Crippen LogP contribution < -0.4 is 0 Å². The van der Waals surface area contributed by atoms with Gasteiger partial charge in [-0.1, -0.05) is 24.3 Å². The number of amides is 1. The second-order valence-corrected chi connectivity index (χ2v) is 5.49. The maximum Gasteiger partial charge on any atom is 0.307 e. The Labute approximate surface area is 107 Å². The van der Waals surface area contributed by atoms with Crippen LogP contribution in [0.2, 0.25) is 0 Å². The zero-order chi connectivity index (χ0) is 13.4. The van der Waals surface area contributed by atoms with Crippen molar-refractivity contribution in [3.63, 3.8) is 0 Å². The number of rotatable bonds is 4. The standard InChI is InChI=1S/C14H19NO3/c1-8(2)7-15(3)13(16)11-9-4-5-10(6-9)12(11)14(17)18/h4-5,9-12H,1,6-7H2,2-3H3,(H,17,18). The van der Waals surface area contributed by atoms with E-state index in [1.807, 2.05) is 19.1 Å². The van der Waals surface area contributed by atoms with Crippen molar-refractivity contribution in [2.75, 3.05) is 13.6 Å². The van der Waals surface area contributed by atoms with Crippen LogP contribution in [0.3, 0.4) is 0 Å². The van der Waals surface area contributed by atoms with Gasteiger partial charge in [0.1, 0.15) is 0 Å². The van der Waals surface area contributed by atoms with Gasteiger partial charge in [0, 0.05) is 13.6 Å². The molecule has 0 aromatic carbocycles. The van der Waals surface area contributed by atoms with Gasteiger partial charge in [-0.2, -0.15) is 0 Å². The number of hydrogen-bond acceptors (Lipinski definition) is 2. The molecular formula is C14H19NO3. The lowest BCUT2D eigenvalue weighted by atomic mass is 9.82. The fraction of sp³-hybridized carbons (Fsp3) is 0.571. The van der Waals surface area contributed by atoms with Crippen molar-refractivity contribution in [3.8, 4) is 0 Å². The summed E-state index contributed by atoms with van der Waals surface area (Å²) in [7, 11) is 1.71. The van der Waals surface area contributed by atoms with Gasteiger partial charge in [-0.05, 0) is 25.2 Å². The Morgan fingerprint density at radius 2 is 1.89 bits per heavy atom. The summed E-state index contributed by atoms with van der Waals surface area (Å²) in [6.07, 6.45) is 4.75. The van der Waals surface area contributed by atoms with Crippen LogP contribution in [0.15, 0.2) is 24.3 Å². The zero-order valence-electron chi connectivity index (χ0n) is 10.8. The number of carboxylic acid groups (broad SMARTS) is 1. The van der Waals surface area contributed by atoms with Gasteiger partial charge in [-0.15, -0.1) is 0 Å². The normalized spacial score (nSPS) is 32.6. The Hall–Kier alpha value is -1.58. The molecular weight excluding hydrogens is 230 g/mol. The Balaban J connectivity index is 2.16. The van der Waals surface area contributed by atoms with E-state index in [-0.39, 0.29) is 17.7 Å². The number of likely N-dealkylation sites (N-methyl/N-ethyl adjacent to an activating group) is 1. The molecule has 2 aliphatic rings. The van der Waals surface area contributed by atoms with Gasteiger partial charge in [0.15, 0.2) is 0 Å². The van der Waals surface area contributed by atoms with Crippen molar-refractivity contribution in [1.29, 1.82) is 0 Å². The molecule has 4 nitrogen and oxygen atoms in total. The molecule has 0 saturated heterocycles. The third-order valence-electron chi connectivity index (χ3n) is 3.91. The van der Waals surface area contributed by atoms with Gasteiger partial charge < -0.3 is 10.0 Å². The summed E-state index contributed by atoms with van der Waals surface area (Å²) in [4.78, 5) is 25.3. The Morgan fingerprint density at radius 3 is 2.39 bits per heavy atom. The quantitative estimate of drug-likeness (QED) is 0.769. The number of carbonyl (C=O) groups is 2. The van der Waals surface area contributed by atoms with Crippen LogP contribution >= 0.6 is 0 Å². The van der Waals surface area contributed by atoms with E-state index in [2.05, 4.69) is 6.58 Å². The average Bonchev–Trinajstić information content (AvgIpc) is 2.85. The van der Waals surface area contributed by atoms with Gasteiger partial charge in [0.05, 0.1) is 11.8 Å². The number of carboxylic acids is 1. The maximum absolute atomic E-state index is 12.4. The van der Waals surface area contributed by atoms with Crippen molar-refractivity contribution >= 4 is 11.9 Å². The van der Waals surface area contributed by atoms with Crippen LogP contribution in [-0.2, 0) is 9.59 Å². The maximum atomic E-state index is 12.4. The molecule has 1 N–H and O–H groups in total. The molecule has 1 fully saturated rings. The second kappa shape index (κ2) is 4.59. The molecule has 2 bridgehead atoms. The van der Waals surface area contributed by atoms with Gasteiger partial charge in [-0.3, -0.25) is 9.59 Å². The van der Waals surface area contributed by atoms with E-state index in [4.69, 9.17) is 0 Å². The van der Waals surface area contributed by atoms with E-state index in [1.165, 1.54) is 0 Å². The number of aliphatic carboxylic acids is 1. The van der Waals surface area contributed by atoms with E-state index in [0.717, 1.165) is 12.0 Å². The lowest BCUT2D eigenvalue weighted by molar-refractivity contribution is -0.150. The summed E-state index contributed by atoms with van der Waals surface area (Å²) in [6.45, 7) is 6.13. The topological polar surface area (TPSA) is 57.6 Å². The Morgan fingerprint density at radius 1 is 1.33 bits per heavy atom. The third-order valence-corrected chi connectivity index (χ3v) is 3.91. The van der Waals surface area contributed by atoms with E-state index in [1.54, 1.807) is 11.9 Å². The average molecular weight is 249 g/mol. The molecule has 0 heterocycles. The highest BCUT2D eigenvalue weighted by Crippen LogP contribution is 2.48. The minimum Gasteiger partial charge on any atom is -0.481 e. The molecule has 2 aliphatic carbocycles. The zero-order valence-corrected chi connectivity index (χ0v) is 10.8. The lowest BCUT2D eigenvalue weighted by Crippen LogP contribution is -2.41. The molecule has 0 aliphatic heterocycles. The highest BCUT2D eigenvalue weighted by molar-refractivity contribution is 5.86. The Kier molecular flexibility index (Phi) is 3.28. The predicted octanol–water partition coefficient (Wildman–Crippen LogP) is 1.54. The van der Waals surface area contributed by atoms with Crippen molar-refractivity contribution in [1.82, 2.24) is 4.90 Å². The third kappa shape index (κ3) is 2.07. The number of hydrogen-bond donors (Lipinski definition) is 1. The largest absolute Gasteiger partial charge is 0.481 e. The summed E-state index contributed by atoms with van der Waals surface area (Å²) < 4.78 is 0. The van der Waals surface area contributed by atoms with E-state index >= 15 is 0 Å². The second-order valence-electron chi connectivity index (χ2n) is 5.49. The monoisotopic (exact) mass is 249 g/mol. The lowest BCUT2D eigenvalue weighted by Gasteiger charge is -2.28. The minimum atomic E-state index is -0.853. The van der Waals surface area contributed by atoms with Crippen LogP contribution in [0, 0.1) is 23.7 Å². The van der Waals surface area contributed by atoms with Gasteiger partial charge in [0.2, 0.25) is 5.91 Å². The van der Waals surface area contributed by atoms with Crippen molar-refractivity contribution in [3.05, 3.63) is 24.3 Å². The predicted molar refractivity (Wildman–Crippen MR) is 67.8 cm³/mol. The van der Waals surface area contributed by atoms with Gasteiger partial charge >= 0.3 is 5.97 Å². The highest BCUT2D eigenvalue weighted by Gasteiger charge is 2.52. The smallest absolute Gasteiger partial charge is 0.307 e. The van der Waals surface area contributed by atoms with Gasteiger partial charge in [0.25, 0.3) is 0 Å². The summed E-state index contributed by atoms with van der Waals surface area (Å²) in [5, 5.41) is 9.30. The number of nitrogens with zero attached hydrogens (tertiary/aromatic N) is 1. The molecule has 98 valence electrons. The van der Waals surface area contributed by atoms with Crippen molar-refractivity contribution in [2.24, 2.45) is 23.7 Å². The Bertz CT molecular complexity index is 427. The van der Waals surface area contributed by atoms with Crippen LogP contribution in [0.5, 0.6) is 0 Å². The molecule has 2 rings (SSSR count). The fourth-order valence-electron chi connectivity index (χ4n) is 3.23. The number of carbonyl (C=O) groups excluding carboxylic acids is 1. The van der Waals surface area contributed by atoms with Gasteiger partial charge in [-0.25, -0.2) is 0 Å². The summed E-state index contributed by atoms with van der Waals surface area (Å²) in [6, 6.07) is 0. The van der Waals surface area contributed by atoms with E-state index in [0.29, 0.717) is 6.54 Å². The van der Waals surface area contributed by atoms with Crippen LogP contribution in [0.1, 0.15) is 13.3 Å². The van der Waals surface area contributed by atoms with Crippen LogP contribution in [-0.4, -0.2) is 35.5 Å². The molecule has 1 amide bonds. The molecule has 4 unspecified atom stereocenters. The first kappa shape index (κ1) is 12.9. The first-order chi connectivity index (χ1) is 8.41. The summed E-state index contributed by atoms with van der Waals surface area (Å²) in [5.74, 6) is -1.76. The molecule has 4 heteroatoms. The van der Waals surface area contributed by atoms with Crippen molar-refractivity contribution in [2.45, 2.75) is 13.3 Å².